The van der Waals surface area contributed by atoms with E-state index in [1.807, 2.05) is 0 Å². The second-order valence-electron chi connectivity index (χ2n) is 6.22. The van der Waals surface area contributed by atoms with Crippen molar-refractivity contribution in [1.82, 2.24) is 5.32 Å². The van der Waals surface area contributed by atoms with Crippen LogP contribution in [0.25, 0.3) is 0 Å². The smallest absolute Gasteiger partial charge is 0.230 e. The van der Waals surface area contributed by atoms with Crippen LogP contribution in [-0.4, -0.2) is 30.3 Å². The van der Waals surface area contributed by atoms with Gasteiger partial charge in [-0.25, -0.2) is 8.78 Å². The SMILES string of the molecule is O=C(NC[C@H](O)COc1cccc(F)c1)C1(c2ccc(F)cc2)CC1. The van der Waals surface area contributed by atoms with Crippen LogP contribution >= 0.6 is 0 Å². The monoisotopic (exact) mass is 347 g/mol. The first-order chi connectivity index (χ1) is 12.0. The first-order valence-corrected chi connectivity index (χ1v) is 8.10. The minimum Gasteiger partial charge on any atom is -0.491 e. The van der Waals surface area contributed by atoms with Gasteiger partial charge in [0, 0.05) is 12.6 Å². The van der Waals surface area contributed by atoms with E-state index in [9.17, 15) is 18.7 Å². The lowest BCUT2D eigenvalue weighted by molar-refractivity contribution is -0.124. The van der Waals surface area contributed by atoms with Gasteiger partial charge in [-0.15, -0.1) is 0 Å². The molecule has 0 heterocycles. The predicted molar refractivity (Wildman–Crippen MR) is 88.2 cm³/mol. The Morgan fingerprint density at radius 2 is 1.88 bits per heavy atom. The van der Waals surface area contributed by atoms with Crippen molar-refractivity contribution in [3.8, 4) is 5.75 Å². The van der Waals surface area contributed by atoms with Gasteiger partial charge in [0.25, 0.3) is 0 Å². The first kappa shape index (κ1) is 17.4. The van der Waals surface area contributed by atoms with Gasteiger partial charge < -0.3 is 15.2 Å². The summed E-state index contributed by atoms with van der Waals surface area (Å²) < 4.78 is 31.4. The van der Waals surface area contributed by atoms with Gasteiger partial charge in [-0.3, -0.25) is 4.79 Å². The molecule has 0 unspecified atom stereocenters. The summed E-state index contributed by atoms with van der Waals surface area (Å²) in [6.07, 6.45) is 0.469. The summed E-state index contributed by atoms with van der Waals surface area (Å²) in [4.78, 5) is 12.4. The van der Waals surface area contributed by atoms with E-state index in [1.165, 1.54) is 30.3 Å². The summed E-state index contributed by atoms with van der Waals surface area (Å²) in [5, 5.41) is 12.6. The molecular weight excluding hydrogens is 328 g/mol. The van der Waals surface area contributed by atoms with Crippen molar-refractivity contribution in [2.45, 2.75) is 24.4 Å². The minimum absolute atomic E-state index is 0.0249. The highest BCUT2D eigenvalue weighted by Crippen LogP contribution is 2.48. The van der Waals surface area contributed by atoms with Crippen LogP contribution in [0.5, 0.6) is 5.75 Å². The topological polar surface area (TPSA) is 58.6 Å². The maximum atomic E-state index is 13.0. The summed E-state index contributed by atoms with van der Waals surface area (Å²) in [6.45, 7) is -0.0373. The third-order valence-corrected chi connectivity index (χ3v) is 4.32. The van der Waals surface area contributed by atoms with Crippen molar-refractivity contribution in [1.29, 1.82) is 0 Å². The number of hydrogen-bond acceptors (Lipinski definition) is 3. The average molecular weight is 347 g/mol. The van der Waals surface area contributed by atoms with E-state index in [4.69, 9.17) is 4.74 Å². The number of aliphatic hydroxyl groups is 1. The predicted octanol–water partition coefficient (Wildman–Crippen LogP) is 2.55. The summed E-state index contributed by atoms with van der Waals surface area (Å²) >= 11 is 0. The molecule has 0 saturated heterocycles. The molecule has 0 bridgehead atoms. The zero-order chi connectivity index (χ0) is 17.9. The van der Waals surface area contributed by atoms with E-state index in [-0.39, 0.29) is 24.9 Å². The van der Waals surface area contributed by atoms with Gasteiger partial charge in [-0.1, -0.05) is 18.2 Å². The van der Waals surface area contributed by atoms with E-state index in [2.05, 4.69) is 5.32 Å². The van der Waals surface area contributed by atoms with E-state index in [0.717, 1.165) is 5.56 Å². The van der Waals surface area contributed by atoms with Gasteiger partial charge >= 0.3 is 0 Å². The molecule has 1 fully saturated rings. The van der Waals surface area contributed by atoms with E-state index in [0.29, 0.717) is 18.6 Å². The summed E-state index contributed by atoms with van der Waals surface area (Å²) in [6, 6.07) is 11.5. The van der Waals surface area contributed by atoms with Crippen LogP contribution in [0.4, 0.5) is 8.78 Å². The molecule has 6 heteroatoms. The molecule has 1 amide bonds. The van der Waals surface area contributed by atoms with E-state index in [1.54, 1.807) is 18.2 Å². The molecule has 3 rings (SSSR count). The summed E-state index contributed by atoms with van der Waals surface area (Å²) in [7, 11) is 0. The molecule has 4 nitrogen and oxygen atoms in total. The molecule has 1 saturated carbocycles. The second kappa shape index (κ2) is 7.19. The number of ether oxygens (including phenoxy) is 1. The van der Waals surface area contributed by atoms with Crippen LogP contribution < -0.4 is 10.1 Å². The van der Waals surface area contributed by atoms with Gasteiger partial charge in [-0.05, 0) is 42.7 Å². The molecule has 0 aliphatic heterocycles. The molecule has 1 aliphatic rings. The Morgan fingerprint density at radius 3 is 2.52 bits per heavy atom. The van der Waals surface area contributed by atoms with Crippen molar-refractivity contribution in [3.63, 3.8) is 0 Å². The second-order valence-corrected chi connectivity index (χ2v) is 6.22. The Hall–Kier alpha value is -2.47. The maximum absolute atomic E-state index is 13.0. The Balaban J connectivity index is 1.49. The van der Waals surface area contributed by atoms with Crippen LogP contribution in [-0.2, 0) is 10.2 Å². The fourth-order valence-electron chi connectivity index (χ4n) is 2.73. The lowest BCUT2D eigenvalue weighted by atomic mass is 9.95. The quantitative estimate of drug-likeness (QED) is 0.809. The normalized spacial score (nSPS) is 16.1. The molecule has 132 valence electrons. The number of aliphatic hydroxyl groups excluding tert-OH is 1. The Labute approximate surface area is 144 Å². The Morgan fingerprint density at radius 1 is 1.16 bits per heavy atom. The molecule has 25 heavy (non-hydrogen) atoms. The minimum atomic E-state index is -0.920. The van der Waals surface area contributed by atoms with Gasteiger partial charge in [0.05, 0.1) is 5.41 Å². The van der Waals surface area contributed by atoms with Crippen LogP contribution in [0.2, 0.25) is 0 Å². The van der Waals surface area contributed by atoms with Crippen LogP contribution in [0.15, 0.2) is 48.5 Å². The zero-order valence-electron chi connectivity index (χ0n) is 13.5. The van der Waals surface area contributed by atoms with E-state index >= 15 is 0 Å². The summed E-state index contributed by atoms with van der Waals surface area (Å²) in [5.74, 6) is -0.639. The number of nitrogens with one attached hydrogen (secondary N) is 1. The average Bonchev–Trinajstić information content (AvgIpc) is 3.40. The molecular formula is C19H19F2NO3. The highest BCUT2D eigenvalue weighted by molar-refractivity contribution is 5.91. The van der Waals surface area contributed by atoms with Gasteiger partial charge in [0.1, 0.15) is 30.1 Å². The lowest BCUT2D eigenvalue weighted by Gasteiger charge is -2.18. The third-order valence-electron chi connectivity index (χ3n) is 4.32. The zero-order valence-corrected chi connectivity index (χ0v) is 13.5. The summed E-state index contributed by atoms with van der Waals surface area (Å²) in [5.41, 5.74) is 0.147. The number of hydrogen-bond donors (Lipinski definition) is 2. The lowest BCUT2D eigenvalue weighted by Crippen LogP contribution is -2.40. The van der Waals surface area contributed by atoms with Crippen molar-refractivity contribution in [2.24, 2.45) is 0 Å². The maximum Gasteiger partial charge on any atom is 0.230 e. The number of rotatable bonds is 7. The molecule has 2 aromatic rings. The Bertz CT molecular complexity index is 745. The van der Waals surface area contributed by atoms with Crippen LogP contribution in [0.3, 0.4) is 0 Å². The number of amides is 1. The number of halogens is 2. The largest absolute Gasteiger partial charge is 0.491 e. The molecule has 1 aliphatic carbocycles. The van der Waals surface area contributed by atoms with Crippen LogP contribution in [0.1, 0.15) is 18.4 Å². The van der Waals surface area contributed by atoms with Gasteiger partial charge in [0.15, 0.2) is 0 Å². The van der Waals surface area contributed by atoms with Crippen molar-refractivity contribution < 1.29 is 23.4 Å². The molecule has 0 spiro atoms. The van der Waals surface area contributed by atoms with Crippen molar-refractivity contribution in [3.05, 3.63) is 65.7 Å². The van der Waals surface area contributed by atoms with Gasteiger partial charge in [0.2, 0.25) is 5.91 Å². The number of carbonyl (C=O) groups excluding carboxylic acids is 1. The van der Waals surface area contributed by atoms with Crippen LogP contribution in [0, 0.1) is 11.6 Å². The van der Waals surface area contributed by atoms with Crippen molar-refractivity contribution in [2.75, 3.05) is 13.2 Å². The highest BCUT2D eigenvalue weighted by atomic mass is 19.1. The van der Waals surface area contributed by atoms with Crippen molar-refractivity contribution >= 4 is 5.91 Å². The fraction of sp³-hybridized carbons (Fsp3) is 0.316. The van der Waals surface area contributed by atoms with E-state index < -0.39 is 17.3 Å². The van der Waals surface area contributed by atoms with Gasteiger partial charge in [-0.2, -0.15) is 0 Å². The standard InChI is InChI=1S/C19H19F2NO3/c20-14-6-4-13(5-7-14)19(8-9-19)18(24)22-11-16(23)12-25-17-3-1-2-15(21)10-17/h1-7,10,16,23H,8-9,11-12H2,(H,22,24)/t16-/m0/s1. The molecule has 2 aromatic carbocycles. The third kappa shape index (κ3) is 4.14. The molecule has 0 radical (unpaired) electrons. The molecule has 1 atom stereocenters. The fourth-order valence-corrected chi connectivity index (χ4v) is 2.73. The Kier molecular flexibility index (Phi) is 4.99. The highest BCUT2D eigenvalue weighted by Gasteiger charge is 2.51. The molecule has 0 aromatic heterocycles. The molecule has 2 N–H and O–H groups in total. The first-order valence-electron chi connectivity index (χ1n) is 8.10. The number of benzene rings is 2. The number of carbonyl (C=O) groups is 1.